The minimum atomic E-state index is 0.660. The van der Waals surface area contributed by atoms with Gasteiger partial charge in [0.05, 0.1) is 11.0 Å². The zero-order chi connectivity index (χ0) is 25.5. The van der Waals surface area contributed by atoms with Crippen molar-refractivity contribution in [1.29, 1.82) is 0 Å². The third kappa shape index (κ3) is 3.84. The normalized spacial score (nSPS) is 11.3. The highest BCUT2D eigenvalue weighted by Crippen LogP contribution is 2.35. The molecule has 180 valence electrons. The molecule has 7 rings (SSSR count). The molecule has 0 aliphatic rings. The van der Waals surface area contributed by atoms with E-state index in [4.69, 9.17) is 15.0 Å². The third-order valence-electron chi connectivity index (χ3n) is 6.89. The second kappa shape index (κ2) is 9.09. The van der Waals surface area contributed by atoms with E-state index in [-0.39, 0.29) is 0 Å². The predicted molar refractivity (Wildman–Crippen MR) is 155 cm³/mol. The molecule has 0 fully saturated rings. The molecule has 0 saturated carbocycles. The molecular formula is C34H24N4. The molecule has 0 spiro atoms. The highest BCUT2D eigenvalue weighted by atomic mass is 15.0. The smallest absolute Gasteiger partial charge is 0.164 e. The van der Waals surface area contributed by atoms with Gasteiger partial charge in [-0.1, -0.05) is 90.5 Å². The number of benzene rings is 5. The van der Waals surface area contributed by atoms with E-state index in [0.717, 1.165) is 27.9 Å². The van der Waals surface area contributed by atoms with Crippen LogP contribution in [0, 0.1) is 6.92 Å². The van der Waals surface area contributed by atoms with Crippen molar-refractivity contribution in [3.05, 3.63) is 133 Å². The van der Waals surface area contributed by atoms with Crippen LogP contribution in [0.4, 0.5) is 0 Å². The minimum Gasteiger partial charge on any atom is -0.309 e. The summed E-state index contributed by atoms with van der Waals surface area (Å²) in [5.74, 6) is 1.99. The van der Waals surface area contributed by atoms with Crippen molar-refractivity contribution in [2.75, 3.05) is 0 Å². The summed E-state index contributed by atoms with van der Waals surface area (Å²) >= 11 is 0. The van der Waals surface area contributed by atoms with Crippen molar-refractivity contribution in [3.63, 3.8) is 0 Å². The van der Waals surface area contributed by atoms with Gasteiger partial charge in [-0.25, -0.2) is 15.0 Å². The van der Waals surface area contributed by atoms with E-state index in [0.29, 0.717) is 17.5 Å². The van der Waals surface area contributed by atoms with E-state index in [1.54, 1.807) is 0 Å². The number of para-hydroxylation sites is 1. The summed E-state index contributed by atoms with van der Waals surface area (Å²) in [6.07, 6.45) is 0. The molecular weight excluding hydrogens is 464 g/mol. The van der Waals surface area contributed by atoms with Gasteiger partial charge in [-0.3, -0.25) is 0 Å². The first-order valence-electron chi connectivity index (χ1n) is 12.7. The molecule has 0 unspecified atom stereocenters. The lowest BCUT2D eigenvalue weighted by Crippen LogP contribution is -2.00. The van der Waals surface area contributed by atoms with Gasteiger partial charge in [-0.05, 0) is 49.4 Å². The topological polar surface area (TPSA) is 43.6 Å². The Morgan fingerprint density at radius 2 is 0.921 bits per heavy atom. The van der Waals surface area contributed by atoms with Gasteiger partial charge < -0.3 is 4.57 Å². The molecule has 4 nitrogen and oxygen atoms in total. The first-order valence-corrected chi connectivity index (χ1v) is 12.7. The lowest BCUT2D eigenvalue weighted by molar-refractivity contribution is 1.07. The van der Waals surface area contributed by atoms with Crippen LogP contribution in [-0.4, -0.2) is 19.5 Å². The molecule has 7 aromatic rings. The maximum Gasteiger partial charge on any atom is 0.164 e. The van der Waals surface area contributed by atoms with E-state index in [9.17, 15) is 0 Å². The Morgan fingerprint density at radius 1 is 0.447 bits per heavy atom. The average Bonchev–Trinajstić information content (AvgIpc) is 3.31. The molecule has 0 bridgehead atoms. The van der Waals surface area contributed by atoms with Crippen molar-refractivity contribution in [3.8, 4) is 39.9 Å². The summed E-state index contributed by atoms with van der Waals surface area (Å²) in [5.41, 5.74) is 7.59. The van der Waals surface area contributed by atoms with Crippen LogP contribution in [0.5, 0.6) is 0 Å². The molecule has 4 heteroatoms. The molecule has 0 aliphatic carbocycles. The van der Waals surface area contributed by atoms with E-state index in [2.05, 4.69) is 78.2 Å². The SMILES string of the molecule is Cc1ccc2c(c1)c1cc(-c3nc(-c4ccccc4)nc(-c4ccccc4)n3)ccc1n2-c1ccccc1. The van der Waals surface area contributed by atoms with E-state index in [1.807, 2.05) is 60.7 Å². The fraction of sp³-hybridized carbons (Fsp3) is 0.0294. The molecule has 5 aromatic carbocycles. The summed E-state index contributed by atoms with van der Waals surface area (Å²) in [5, 5.41) is 2.39. The van der Waals surface area contributed by atoms with Gasteiger partial charge >= 0.3 is 0 Å². The molecule has 0 saturated heterocycles. The van der Waals surface area contributed by atoms with Crippen LogP contribution in [0.25, 0.3) is 61.7 Å². The van der Waals surface area contributed by atoms with Gasteiger partial charge in [-0.2, -0.15) is 0 Å². The van der Waals surface area contributed by atoms with Crippen LogP contribution in [0.3, 0.4) is 0 Å². The van der Waals surface area contributed by atoms with E-state index < -0.39 is 0 Å². The maximum atomic E-state index is 4.94. The van der Waals surface area contributed by atoms with Gasteiger partial charge in [0.25, 0.3) is 0 Å². The fourth-order valence-corrected chi connectivity index (χ4v) is 5.07. The van der Waals surface area contributed by atoms with Crippen LogP contribution < -0.4 is 0 Å². The molecule has 0 aliphatic heterocycles. The summed E-state index contributed by atoms with van der Waals surface area (Å²) in [4.78, 5) is 14.7. The van der Waals surface area contributed by atoms with Crippen LogP contribution in [0.1, 0.15) is 5.56 Å². The van der Waals surface area contributed by atoms with Crippen LogP contribution in [0.2, 0.25) is 0 Å². The Kier molecular flexibility index (Phi) is 5.30. The molecule has 2 heterocycles. The highest BCUT2D eigenvalue weighted by Gasteiger charge is 2.16. The van der Waals surface area contributed by atoms with E-state index in [1.165, 1.54) is 21.9 Å². The molecule has 38 heavy (non-hydrogen) atoms. The summed E-state index contributed by atoms with van der Waals surface area (Å²) in [6.45, 7) is 2.14. The summed E-state index contributed by atoms with van der Waals surface area (Å²) in [7, 11) is 0. The lowest BCUT2D eigenvalue weighted by atomic mass is 10.1. The Balaban J connectivity index is 1.48. The molecule has 0 atom stereocenters. The molecule has 2 aromatic heterocycles. The number of hydrogen-bond acceptors (Lipinski definition) is 3. The van der Waals surface area contributed by atoms with Crippen molar-refractivity contribution in [1.82, 2.24) is 19.5 Å². The quantitative estimate of drug-likeness (QED) is 0.250. The Hall–Kier alpha value is -5.09. The predicted octanol–water partition coefficient (Wildman–Crippen LogP) is 8.28. The Labute approximate surface area is 220 Å². The van der Waals surface area contributed by atoms with Crippen LogP contribution in [0.15, 0.2) is 127 Å². The average molecular weight is 489 g/mol. The Bertz CT molecular complexity index is 1850. The first kappa shape index (κ1) is 22.1. The lowest BCUT2D eigenvalue weighted by Gasteiger charge is -2.09. The number of aryl methyl sites for hydroxylation is 1. The summed E-state index contributed by atoms with van der Waals surface area (Å²) < 4.78 is 2.33. The maximum absolute atomic E-state index is 4.94. The number of fused-ring (bicyclic) bond motifs is 3. The molecule has 0 N–H and O–H groups in total. The molecule has 0 amide bonds. The molecule has 0 radical (unpaired) electrons. The fourth-order valence-electron chi connectivity index (χ4n) is 5.07. The van der Waals surface area contributed by atoms with Gasteiger partial charge in [0.2, 0.25) is 0 Å². The minimum absolute atomic E-state index is 0.660. The largest absolute Gasteiger partial charge is 0.309 e. The zero-order valence-electron chi connectivity index (χ0n) is 20.9. The van der Waals surface area contributed by atoms with Gasteiger partial charge in [0.15, 0.2) is 17.5 Å². The number of aromatic nitrogens is 4. The van der Waals surface area contributed by atoms with E-state index >= 15 is 0 Å². The number of rotatable bonds is 4. The van der Waals surface area contributed by atoms with Crippen molar-refractivity contribution in [2.24, 2.45) is 0 Å². The second-order valence-electron chi connectivity index (χ2n) is 9.46. The summed E-state index contributed by atoms with van der Waals surface area (Å²) in [6, 6.07) is 43.8. The standard InChI is InChI=1S/C34H24N4/c1-23-17-19-30-28(21-23)29-22-26(18-20-31(29)38(30)27-15-9-4-10-16-27)34-36-32(24-11-5-2-6-12-24)35-33(37-34)25-13-7-3-8-14-25/h2-22H,1H3. The number of hydrogen-bond donors (Lipinski definition) is 0. The van der Waals surface area contributed by atoms with Gasteiger partial charge in [0.1, 0.15) is 0 Å². The third-order valence-corrected chi connectivity index (χ3v) is 6.89. The number of nitrogens with zero attached hydrogens (tertiary/aromatic N) is 4. The highest BCUT2D eigenvalue weighted by molar-refractivity contribution is 6.10. The van der Waals surface area contributed by atoms with Crippen LogP contribution >= 0.6 is 0 Å². The second-order valence-corrected chi connectivity index (χ2v) is 9.46. The van der Waals surface area contributed by atoms with Crippen molar-refractivity contribution < 1.29 is 0 Å². The van der Waals surface area contributed by atoms with Crippen molar-refractivity contribution >= 4 is 21.8 Å². The Morgan fingerprint density at radius 3 is 1.50 bits per heavy atom. The monoisotopic (exact) mass is 488 g/mol. The van der Waals surface area contributed by atoms with Crippen molar-refractivity contribution in [2.45, 2.75) is 6.92 Å². The first-order chi connectivity index (χ1) is 18.7. The van der Waals surface area contributed by atoms with Gasteiger partial charge in [-0.15, -0.1) is 0 Å². The van der Waals surface area contributed by atoms with Crippen LogP contribution in [-0.2, 0) is 0 Å². The van der Waals surface area contributed by atoms with Gasteiger partial charge in [0, 0.05) is 33.2 Å². The zero-order valence-corrected chi connectivity index (χ0v) is 20.9.